The molecule has 1 aliphatic rings. The molecule has 0 spiro atoms. The predicted octanol–water partition coefficient (Wildman–Crippen LogP) is 2.90. The minimum absolute atomic E-state index is 0.0299. The van der Waals surface area contributed by atoms with Gasteiger partial charge in [0.25, 0.3) is 9.84 Å². The van der Waals surface area contributed by atoms with Gasteiger partial charge in [-0.25, -0.2) is 12.8 Å². The first-order valence-electron chi connectivity index (χ1n) is 7.45. The summed E-state index contributed by atoms with van der Waals surface area (Å²) < 4.78 is 80.6. The van der Waals surface area contributed by atoms with Crippen molar-refractivity contribution >= 4 is 21.5 Å². The number of carbonyl (C=O) groups is 1. The van der Waals surface area contributed by atoms with Crippen LogP contribution >= 0.6 is 0 Å². The molecule has 1 heterocycles. The van der Waals surface area contributed by atoms with Gasteiger partial charge >= 0.3 is 11.5 Å². The summed E-state index contributed by atoms with van der Waals surface area (Å²) in [6.45, 7) is 3.48. The van der Waals surface area contributed by atoms with E-state index in [1.807, 2.05) is 0 Å². The maximum absolute atomic E-state index is 13.4. The quantitative estimate of drug-likeness (QED) is 0.591. The molecule has 1 aromatic rings. The molecular formula is C15H17F4NO4S. The second-order valence-corrected chi connectivity index (χ2v) is 7.92. The zero-order valence-electron chi connectivity index (χ0n) is 13.6. The lowest BCUT2D eigenvalue weighted by Crippen LogP contribution is -2.34. The monoisotopic (exact) mass is 383 g/mol. The predicted molar refractivity (Wildman–Crippen MR) is 81.2 cm³/mol. The number of hydrogen-bond donors (Lipinski definition) is 0. The number of hydrogen-bond acceptors (Lipinski definition) is 5. The van der Waals surface area contributed by atoms with Gasteiger partial charge in [-0.15, -0.1) is 0 Å². The van der Waals surface area contributed by atoms with Gasteiger partial charge in [0, 0.05) is 13.1 Å². The van der Waals surface area contributed by atoms with Crippen LogP contribution in [0.3, 0.4) is 0 Å². The van der Waals surface area contributed by atoms with Gasteiger partial charge in [-0.1, -0.05) is 0 Å². The number of esters is 1. The normalized spacial score (nSPS) is 21.4. The zero-order valence-corrected chi connectivity index (χ0v) is 14.4. The van der Waals surface area contributed by atoms with Gasteiger partial charge < -0.3 is 9.64 Å². The Morgan fingerprint density at radius 2 is 2.00 bits per heavy atom. The van der Waals surface area contributed by atoms with E-state index < -0.39 is 37.4 Å². The van der Waals surface area contributed by atoms with Gasteiger partial charge in [0.05, 0.1) is 17.7 Å². The molecule has 1 aliphatic heterocycles. The van der Waals surface area contributed by atoms with Crippen LogP contribution in [0.25, 0.3) is 0 Å². The van der Waals surface area contributed by atoms with E-state index in [4.69, 9.17) is 4.74 Å². The highest BCUT2D eigenvalue weighted by atomic mass is 32.2. The molecule has 1 unspecified atom stereocenters. The molecule has 140 valence electrons. The fourth-order valence-electron chi connectivity index (χ4n) is 2.73. The Labute approximate surface area is 142 Å². The number of ether oxygens (including phenoxy) is 1. The Morgan fingerprint density at radius 1 is 1.36 bits per heavy atom. The third-order valence-corrected chi connectivity index (χ3v) is 5.61. The molecule has 5 nitrogen and oxygen atoms in total. The molecule has 2 rings (SSSR count). The standard InChI is InChI=1S/C15H17F4NO4S/c1-3-24-13(21)14(2)6-7-20(9-14)11-5-4-10(16)8-12(11)25(22,23)15(17,18)19/h4-5,8H,3,6-7,9H2,1-2H3. The molecule has 25 heavy (non-hydrogen) atoms. The zero-order chi connectivity index (χ0) is 19.0. The molecule has 0 radical (unpaired) electrons. The van der Waals surface area contributed by atoms with Crippen molar-refractivity contribution in [2.75, 3.05) is 24.6 Å². The molecule has 1 saturated heterocycles. The van der Waals surface area contributed by atoms with Crippen molar-refractivity contribution in [2.24, 2.45) is 5.41 Å². The number of sulfone groups is 1. The Morgan fingerprint density at radius 3 is 2.56 bits per heavy atom. The Balaban J connectivity index is 2.44. The second kappa shape index (κ2) is 6.47. The van der Waals surface area contributed by atoms with Crippen LogP contribution in [0.2, 0.25) is 0 Å². The number of benzene rings is 1. The Hall–Kier alpha value is -1.84. The lowest BCUT2D eigenvalue weighted by molar-refractivity contribution is -0.153. The first kappa shape index (κ1) is 19.5. The number of alkyl halides is 3. The van der Waals surface area contributed by atoms with E-state index >= 15 is 0 Å². The largest absolute Gasteiger partial charge is 0.501 e. The minimum atomic E-state index is -5.73. The third-order valence-electron chi connectivity index (χ3n) is 4.10. The van der Waals surface area contributed by atoms with Crippen LogP contribution in [0.4, 0.5) is 23.2 Å². The van der Waals surface area contributed by atoms with E-state index in [9.17, 15) is 30.8 Å². The van der Waals surface area contributed by atoms with Crippen molar-refractivity contribution in [3.05, 3.63) is 24.0 Å². The van der Waals surface area contributed by atoms with E-state index in [2.05, 4.69) is 0 Å². The lowest BCUT2D eigenvalue weighted by atomic mass is 9.90. The SMILES string of the molecule is CCOC(=O)C1(C)CCN(c2ccc(F)cc2S(=O)(=O)C(F)(F)F)C1. The van der Waals surface area contributed by atoms with Crippen molar-refractivity contribution in [1.29, 1.82) is 0 Å². The smallest absolute Gasteiger partial charge is 0.466 e. The fraction of sp³-hybridized carbons (Fsp3) is 0.533. The van der Waals surface area contributed by atoms with Crippen LogP contribution in [-0.4, -0.2) is 39.6 Å². The number of nitrogens with zero attached hydrogens (tertiary/aromatic N) is 1. The minimum Gasteiger partial charge on any atom is -0.466 e. The summed E-state index contributed by atoms with van der Waals surface area (Å²) in [4.78, 5) is 12.2. The highest BCUT2D eigenvalue weighted by Gasteiger charge is 2.50. The van der Waals surface area contributed by atoms with Crippen LogP contribution in [-0.2, 0) is 19.4 Å². The first-order valence-corrected chi connectivity index (χ1v) is 8.94. The molecule has 0 aliphatic carbocycles. The van der Waals surface area contributed by atoms with Gasteiger partial charge in [-0.2, -0.15) is 13.2 Å². The molecule has 1 aromatic carbocycles. The Kier molecular flexibility index (Phi) is 5.04. The van der Waals surface area contributed by atoms with Gasteiger partial charge in [0.15, 0.2) is 0 Å². The molecule has 0 N–H and O–H groups in total. The maximum atomic E-state index is 13.4. The van der Waals surface area contributed by atoms with Gasteiger partial charge in [0.2, 0.25) is 0 Å². The molecule has 1 fully saturated rings. The number of rotatable bonds is 4. The fourth-order valence-corrected chi connectivity index (χ4v) is 3.72. The van der Waals surface area contributed by atoms with Crippen molar-refractivity contribution < 1.29 is 35.5 Å². The van der Waals surface area contributed by atoms with Crippen molar-refractivity contribution in [3.8, 4) is 0 Å². The van der Waals surface area contributed by atoms with E-state index in [0.29, 0.717) is 6.07 Å². The molecule has 0 amide bonds. The summed E-state index contributed by atoms with van der Waals surface area (Å²) in [6.07, 6.45) is 0.273. The van der Waals surface area contributed by atoms with Gasteiger partial charge in [0.1, 0.15) is 10.7 Å². The summed E-state index contributed by atoms with van der Waals surface area (Å²) in [5, 5.41) is 0. The first-order chi connectivity index (χ1) is 11.4. The number of halogens is 4. The molecule has 1 atom stereocenters. The Bertz CT molecular complexity index is 778. The molecule has 0 saturated carbocycles. The van der Waals surface area contributed by atoms with Crippen LogP contribution in [0, 0.1) is 11.2 Å². The van der Waals surface area contributed by atoms with Crippen LogP contribution < -0.4 is 4.90 Å². The van der Waals surface area contributed by atoms with Crippen molar-refractivity contribution in [1.82, 2.24) is 0 Å². The highest BCUT2D eigenvalue weighted by Crippen LogP contribution is 2.40. The highest BCUT2D eigenvalue weighted by molar-refractivity contribution is 7.92. The van der Waals surface area contributed by atoms with E-state index in [0.717, 1.165) is 12.1 Å². The topological polar surface area (TPSA) is 63.7 Å². The van der Waals surface area contributed by atoms with Gasteiger partial charge in [-0.05, 0) is 38.5 Å². The average molecular weight is 383 g/mol. The lowest BCUT2D eigenvalue weighted by Gasteiger charge is -2.25. The number of carbonyl (C=O) groups excluding carboxylic acids is 1. The summed E-state index contributed by atoms with van der Waals surface area (Å²) >= 11 is 0. The van der Waals surface area contributed by atoms with Crippen molar-refractivity contribution in [3.63, 3.8) is 0 Å². The molecular weight excluding hydrogens is 366 g/mol. The maximum Gasteiger partial charge on any atom is 0.501 e. The van der Waals surface area contributed by atoms with E-state index in [-0.39, 0.29) is 31.8 Å². The van der Waals surface area contributed by atoms with Crippen LogP contribution in [0.5, 0.6) is 0 Å². The van der Waals surface area contributed by atoms with E-state index in [1.54, 1.807) is 13.8 Å². The summed E-state index contributed by atoms with van der Waals surface area (Å²) in [5.74, 6) is -1.61. The van der Waals surface area contributed by atoms with E-state index in [1.165, 1.54) is 4.90 Å². The summed E-state index contributed by atoms with van der Waals surface area (Å²) in [7, 11) is -5.73. The van der Waals surface area contributed by atoms with Gasteiger partial charge in [-0.3, -0.25) is 4.79 Å². The second-order valence-electron chi connectivity index (χ2n) is 6.01. The van der Waals surface area contributed by atoms with Crippen LogP contribution in [0.1, 0.15) is 20.3 Å². The molecule has 10 heteroatoms. The molecule has 0 aromatic heterocycles. The van der Waals surface area contributed by atoms with Crippen LogP contribution in [0.15, 0.2) is 23.1 Å². The summed E-state index contributed by atoms with van der Waals surface area (Å²) in [6, 6.07) is 2.20. The third kappa shape index (κ3) is 3.58. The number of anilines is 1. The average Bonchev–Trinajstić information content (AvgIpc) is 2.90. The molecule has 0 bridgehead atoms. The van der Waals surface area contributed by atoms with Crippen molar-refractivity contribution in [2.45, 2.75) is 30.7 Å². The summed E-state index contributed by atoms with van der Waals surface area (Å²) in [5.41, 5.74) is -6.82.